The largest absolute Gasteiger partial charge is 0.347 e. The molecule has 2 rings (SSSR count). The Morgan fingerprint density at radius 1 is 1.39 bits per heavy atom. The minimum Gasteiger partial charge on any atom is -0.347 e. The number of aromatic nitrogens is 1. The minimum atomic E-state index is -0.785. The molecule has 0 saturated carbocycles. The highest BCUT2D eigenvalue weighted by Crippen LogP contribution is 2.22. The molecule has 0 unspecified atom stereocenters. The summed E-state index contributed by atoms with van der Waals surface area (Å²) in [7, 11) is 0. The van der Waals surface area contributed by atoms with Crippen LogP contribution in [0, 0.1) is 18.4 Å². The van der Waals surface area contributed by atoms with Gasteiger partial charge in [-0.1, -0.05) is 6.07 Å². The fourth-order valence-corrected chi connectivity index (χ4v) is 2.63. The maximum Gasteiger partial charge on any atom is 0.208 e. The van der Waals surface area contributed by atoms with Crippen LogP contribution < -0.4 is 5.32 Å². The van der Waals surface area contributed by atoms with E-state index in [1.165, 1.54) is 0 Å². The first kappa shape index (κ1) is 17.2. The molecule has 1 aliphatic heterocycles. The molecule has 0 amide bonds. The maximum atomic E-state index is 8.95. The molecule has 0 aliphatic carbocycles. The topological polar surface area (TPSA) is 82.8 Å². The van der Waals surface area contributed by atoms with Gasteiger partial charge in [0.15, 0.2) is 6.19 Å². The first-order chi connectivity index (χ1) is 11.1. The monoisotopic (exact) mass is 317 g/mol. The van der Waals surface area contributed by atoms with Crippen LogP contribution in [0.1, 0.15) is 25.1 Å². The normalized spacial score (nSPS) is 16.6. The van der Waals surface area contributed by atoms with Crippen LogP contribution in [0.5, 0.6) is 0 Å². The third-order valence-corrected chi connectivity index (χ3v) is 3.64. The van der Waals surface area contributed by atoms with Crippen LogP contribution in [0.4, 0.5) is 0 Å². The van der Waals surface area contributed by atoms with Crippen LogP contribution in [0.15, 0.2) is 23.3 Å². The smallest absolute Gasteiger partial charge is 0.208 e. The van der Waals surface area contributed by atoms with Crippen LogP contribution in [0.2, 0.25) is 0 Å². The van der Waals surface area contributed by atoms with Gasteiger partial charge in [-0.15, -0.1) is 0 Å². The molecule has 0 fully saturated rings. The standard InChI is InChI=1S/C16H23N5O2/c1-4-22-16(23-5-2)10-19-15(20-12-17)21(11-16)9-14-13(3)7-6-8-18-14/h6-8H,4-5,9-11H2,1-3H3,(H,19,20). The summed E-state index contributed by atoms with van der Waals surface area (Å²) in [5, 5.41) is 11.6. The lowest BCUT2D eigenvalue weighted by Gasteiger charge is -2.40. The molecular weight excluding hydrogens is 294 g/mol. The first-order valence-electron chi connectivity index (χ1n) is 7.77. The fourth-order valence-electron chi connectivity index (χ4n) is 2.63. The van der Waals surface area contributed by atoms with Gasteiger partial charge in [-0.3, -0.25) is 10.3 Å². The van der Waals surface area contributed by atoms with Crippen molar-refractivity contribution < 1.29 is 9.47 Å². The summed E-state index contributed by atoms with van der Waals surface area (Å²) in [6, 6.07) is 3.92. The van der Waals surface area contributed by atoms with Gasteiger partial charge in [-0.05, 0) is 32.4 Å². The van der Waals surface area contributed by atoms with E-state index in [2.05, 4.69) is 15.3 Å². The predicted molar refractivity (Wildman–Crippen MR) is 86.4 cm³/mol. The summed E-state index contributed by atoms with van der Waals surface area (Å²) in [5.74, 6) is -0.264. The molecule has 1 N–H and O–H groups in total. The second kappa shape index (κ2) is 7.90. The van der Waals surface area contributed by atoms with Gasteiger partial charge in [-0.2, -0.15) is 5.26 Å². The molecule has 1 aromatic heterocycles. The number of aryl methyl sites for hydroxylation is 1. The highest BCUT2D eigenvalue weighted by Gasteiger charge is 2.38. The molecule has 1 aliphatic rings. The Labute approximate surface area is 136 Å². The van der Waals surface area contributed by atoms with Gasteiger partial charge in [0.2, 0.25) is 11.7 Å². The van der Waals surface area contributed by atoms with E-state index in [9.17, 15) is 0 Å². The number of hydrogen-bond donors (Lipinski definition) is 1. The summed E-state index contributed by atoms with van der Waals surface area (Å²) in [5.41, 5.74) is 2.02. The molecule has 0 radical (unpaired) electrons. The molecule has 7 heteroatoms. The molecule has 1 aromatic rings. The van der Waals surface area contributed by atoms with Crippen molar-refractivity contribution in [1.29, 1.82) is 5.26 Å². The van der Waals surface area contributed by atoms with Gasteiger partial charge in [-0.25, -0.2) is 4.99 Å². The molecule has 0 saturated heterocycles. The van der Waals surface area contributed by atoms with Crippen LogP contribution in [0.25, 0.3) is 0 Å². The van der Waals surface area contributed by atoms with Gasteiger partial charge < -0.3 is 14.4 Å². The van der Waals surface area contributed by atoms with E-state index >= 15 is 0 Å². The maximum absolute atomic E-state index is 8.95. The Hall–Kier alpha value is -2.17. The van der Waals surface area contributed by atoms with Crippen LogP contribution in [0.3, 0.4) is 0 Å². The van der Waals surface area contributed by atoms with Gasteiger partial charge in [0, 0.05) is 19.4 Å². The lowest BCUT2D eigenvalue weighted by atomic mass is 10.1. The van der Waals surface area contributed by atoms with E-state index in [-0.39, 0.29) is 0 Å². The number of hydrogen-bond acceptors (Lipinski definition) is 7. The van der Waals surface area contributed by atoms with Gasteiger partial charge in [0.1, 0.15) is 0 Å². The van der Waals surface area contributed by atoms with Crippen LogP contribution >= 0.6 is 0 Å². The second-order valence-corrected chi connectivity index (χ2v) is 5.28. The third kappa shape index (κ3) is 4.18. The van der Waals surface area contributed by atoms with Crippen molar-refractivity contribution >= 4 is 5.96 Å². The van der Waals surface area contributed by atoms with Crippen molar-refractivity contribution in [2.24, 2.45) is 4.99 Å². The summed E-state index contributed by atoms with van der Waals surface area (Å²) in [6.45, 7) is 8.32. The zero-order valence-corrected chi connectivity index (χ0v) is 13.9. The quantitative estimate of drug-likeness (QED) is 0.485. The van der Waals surface area contributed by atoms with Crippen molar-refractivity contribution in [2.45, 2.75) is 33.1 Å². The van der Waals surface area contributed by atoms with Gasteiger partial charge in [0.25, 0.3) is 0 Å². The molecule has 7 nitrogen and oxygen atoms in total. The Balaban J connectivity index is 2.25. The number of guanidine groups is 1. The van der Waals surface area contributed by atoms with Crippen molar-refractivity contribution in [2.75, 3.05) is 26.3 Å². The molecule has 0 aromatic carbocycles. The fraction of sp³-hybridized carbons (Fsp3) is 0.562. The van der Waals surface area contributed by atoms with Crippen molar-refractivity contribution in [3.05, 3.63) is 29.6 Å². The van der Waals surface area contributed by atoms with Crippen molar-refractivity contribution in [3.63, 3.8) is 0 Å². The lowest BCUT2D eigenvalue weighted by Crippen LogP contribution is -2.57. The highest BCUT2D eigenvalue weighted by molar-refractivity contribution is 5.82. The molecule has 0 bridgehead atoms. The number of rotatable bonds is 6. The average molecular weight is 317 g/mol. The Morgan fingerprint density at radius 2 is 2.13 bits per heavy atom. The van der Waals surface area contributed by atoms with E-state index in [1.54, 1.807) is 6.20 Å². The zero-order valence-electron chi connectivity index (χ0n) is 13.9. The third-order valence-electron chi connectivity index (χ3n) is 3.64. The molecule has 2 heterocycles. The average Bonchev–Trinajstić information content (AvgIpc) is 2.53. The van der Waals surface area contributed by atoms with Crippen molar-refractivity contribution in [1.82, 2.24) is 15.2 Å². The Bertz CT molecular complexity index is 590. The minimum absolute atomic E-state index is 0.358. The van der Waals surface area contributed by atoms with E-state index < -0.39 is 5.79 Å². The highest BCUT2D eigenvalue weighted by atomic mass is 16.7. The predicted octanol–water partition coefficient (Wildman–Crippen LogP) is 1.40. The van der Waals surface area contributed by atoms with Crippen LogP contribution in [-0.4, -0.2) is 47.9 Å². The van der Waals surface area contributed by atoms with Gasteiger partial charge >= 0.3 is 0 Å². The number of nitrogens with one attached hydrogen (secondary N) is 1. The molecular formula is C16H23N5O2. The number of nitrogens with zero attached hydrogens (tertiary/aromatic N) is 4. The summed E-state index contributed by atoms with van der Waals surface area (Å²) in [6.07, 6.45) is 3.70. The lowest BCUT2D eigenvalue weighted by molar-refractivity contribution is -0.234. The first-order valence-corrected chi connectivity index (χ1v) is 7.77. The number of ether oxygens (including phenoxy) is 2. The van der Waals surface area contributed by atoms with E-state index in [4.69, 9.17) is 14.7 Å². The number of nitriles is 1. The number of pyridine rings is 1. The van der Waals surface area contributed by atoms with E-state index in [0.717, 1.165) is 11.3 Å². The summed E-state index contributed by atoms with van der Waals surface area (Å²) in [4.78, 5) is 10.8. The van der Waals surface area contributed by atoms with E-state index in [1.807, 2.05) is 44.0 Å². The Kier molecular flexibility index (Phi) is 5.90. The Morgan fingerprint density at radius 3 is 2.74 bits per heavy atom. The summed E-state index contributed by atoms with van der Waals surface area (Å²) < 4.78 is 11.7. The number of aliphatic imine (C=N–C) groups is 1. The molecule has 124 valence electrons. The van der Waals surface area contributed by atoms with E-state index in [0.29, 0.717) is 38.8 Å². The SMILES string of the molecule is CCOC1(OCC)CN=C(NC#N)N(Cc2ncccc2C)C1. The van der Waals surface area contributed by atoms with Gasteiger partial charge in [0.05, 0.1) is 25.3 Å². The van der Waals surface area contributed by atoms with Crippen LogP contribution in [-0.2, 0) is 16.0 Å². The van der Waals surface area contributed by atoms with Crippen molar-refractivity contribution in [3.8, 4) is 6.19 Å². The summed E-state index contributed by atoms with van der Waals surface area (Å²) >= 11 is 0. The molecule has 23 heavy (non-hydrogen) atoms. The zero-order chi connectivity index (χ0) is 16.7. The molecule has 0 spiro atoms. The molecule has 0 atom stereocenters. The second-order valence-electron chi connectivity index (χ2n) is 5.28.